The Bertz CT molecular complexity index is 667. The van der Waals surface area contributed by atoms with Crippen LogP contribution in [0.25, 0.3) is 0 Å². The maximum Gasteiger partial charge on any atom is 0.337 e. The second kappa shape index (κ2) is 5.82. The summed E-state index contributed by atoms with van der Waals surface area (Å²) in [5, 5.41) is 11.7. The van der Waals surface area contributed by atoms with Gasteiger partial charge >= 0.3 is 5.97 Å². The van der Waals surface area contributed by atoms with Crippen molar-refractivity contribution in [2.45, 2.75) is 23.8 Å². The number of nitrogens with zero attached hydrogens (tertiary/aromatic N) is 1. The molecule has 114 valence electrons. The van der Waals surface area contributed by atoms with Crippen LogP contribution in [0, 0.1) is 0 Å². The molecule has 1 amide bonds. The van der Waals surface area contributed by atoms with Crippen LogP contribution in [0.5, 0.6) is 0 Å². The summed E-state index contributed by atoms with van der Waals surface area (Å²) in [6.07, 6.45) is 1.81. The molecule has 21 heavy (non-hydrogen) atoms. The summed E-state index contributed by atoms with van der Waals surface area (Å²) in [7, 11) is -2.78. The number of sulfonamides is 1. The van der Waals surface area contributed by atoms with Crippen molar-refractivity contribution in [3.63, 3.8) is 0 Å². The first-order valence-electron chi connectivity index (χ1n) is 6.40. The number of amides is 1. The molecule has 1 fully saturated rings. The van der Waals surface area contributed by atoms with E-state index >= 15 is 0 Å². The number of carbonyl (C=O) groups is 2. The van der Waals surface area contributed by atoms with Crippen LogP contribution in [0.4, 0.5) is 0 Å². The van der Waals surface area contributed by atoms with Crippen LogP contribution in [0.3, 0.4) is 0 Å². The molecule has 1 aliphatic rings. The summed E-state index contributed by atoms with van der Waals surface area (Å²) in [4.78, 5) is 22.5. The van der Waals surface area contributed by atoms with Gasteiger partial charge in [0.05, 0.1) is 17.0 Å². The summed E-state index contributed by atoms with van der Waals surface area (Å²) in [6, 6.07) is 5.46. The van der Waals surface area contributed by atoms with Crippen molar-refractivity contribution in [2.24, 2.45) is 0 Å². The number of carboxylic acids is 1. The predicted octanol–water partition coefficient (Wildman–Crippen LogP) is 0.284. The number of rotatable bonds is 6. The van der Waals surface area contributed by atoms with E-state index < -0.39 is 21.9 Å². The van der Waals surface area contributed by atoms with E-state index in [1.165, 1.54) is 31.3 Å². The maximum atomic E-state index is 12.4. The third-order valence-electron chi connectivity index (χ3n) is 3.11. The Balaban J connectivity index is 2.20. The molecule has 1 aromatic carbocycles. The lowest BCUT2D eigenvalue weighted by molar-refractivity contribution is -0.121. The summed E-state index contributed by atoms with van der Waals surface area (Å²) >= 11 is 0. The van der Waals surface area contributed by atoms with Crippen molar-refractivity contribution in [1.82, 2.24) is 9.62 Å². The number of carbonyl (C=O) groups excluding carboxylic acids is 1. The van der Waals surface area contributed by atoms with Gasteiger partial charge in [0.2, 0.25) is 15.9 Å². The van der Waals surface area contributed by atoms with E-state index in [4.69, 9.17) is 5.11 Å². The van der Waals surface area contributed by atoms with Gasteiger partial charge in [0.25, 0.3) is 0 Å². The molecule has 0 spiro atoms. The molecule has 1 aliphatic carbocycles. The zero-order valence-electron chi connectivity index (χ0n) is 11.4. The van der Waals surface area contributed by atoms with Crippen LogP contribution in [0.2, 0.25) is 0 Å². The van der Waals surface area contributed by atoms with Crippen molar-refractivity contribution in [2.75, 3.05) is 13.6 Å². The molecule has 8 heteroatoms. The molecular weight excluding hydrogens is 296 g/mol. The van der Waals surface area contributed by atoms with E-state index in [0.717, 1.165) is 17.1 Å². The highest BCUT2D eigenvalue weighted by Crippen LogP contribution is 2.20. The molecular formula is C13H16N2O5S. The largest absolute Gasteiger partial charge is 0.478 e. The van der Waals surface area contributed by atoms with Gasteiger partial charge in [-0.3, -0.25) is 4.79 Å². The second-order valence-corrected chi connectivity index (χ2v) is 6.92. The highest BCUT2D eigenvalue weighted by Gasteiger charge is 2.29. The van der Waals surface area contributed by atoms with E-state index in [0.29, 0.717) is 0 Å². The molecule has 0 aromatic heterocycles. The van der Waals surface area contributed by atoms with E-state index in [1.807, 2.05) is 0 Å². The van der Waals surface area contributed by atoms with Crippen LogP contribution in [-0.4, -0.2) is 49.3 Å². The first-order chi connectivity index (χ1) is 9.82. The minimum atomic E-state index is -4.03. The minimum absolute atomic E-state index is 0.139. The van der Waals surface area contributed by atoms with Gasteiger partial charge in [-0.25, -0.2) is 13.2 Å². The number of benzene rings is 1. The quantitative estimate of drug-likeness (QED) is 0.785. The Hall–Kier alpha value is -1.93. The Morgan fingerprint density at radius 3 is 2.52 bits per heavy atom. The Kier molecular flexibility index (Phi) is 4.29. The van der Waals surface area contributed by atoms with Crippen molar-refractivity contribution in [3.05, 3.63) is 29.8 Å². The van der Waals surface area contributed by atoms with Gasteiger partial charge in [-0.2, -0.15) is 4.31 Å². The zero-order valence-corrected chi connectivity index (χ0v) is 12.3. The van der Waals surface area contributed by atoms with Crippen molar-refractivity contribution in [3.8, 4) is 0 Å². The minimum Gasteiger partial charge on any atom is -0.478 e. The molecule has 0 aliphatic heterocycles. The van der Waals surface area contributed by atoms with Gasteiger partial charge < -0.3 is 10.4 Å². The van der Waals surface area contributed by atoms with Crippen LogP contribution in [-0.2, 0) is 14.8 Å². The number of hydrogen-bond acceptors (Lipinski definition) is 4. The fourth-order valence-corrected chi connectivity index (χ4v) is 3.13. The Morgan fingerprint density at radius 1 is 1.33 bits per heavy atom. The van der Waals surface area contributed by atoms with Crippen LogP contribution >= 0.6 is 0 Å². The number of aromatic carboxylic acids is 1. The van der Waals surface area contributed by atoms with E-state index in [9.17, 15) is 18.0 Å². The normalized spacial score (nSPS) is 15.0. The number of nitrogens with one attached hydrogen (secondary N) is 1. The van der Waals surface area contributed by atoms with E-state index in [2.05, 4.69) is 5.32 Å². The highest BCUT2D eigenvalue weighted by atomic mass is 32.2. The van der Waals surface area contributed by atoms with Gasteiger partial charge in [0.15, 0.2) is 0 Å². The van der Waals surface area contributed by atoms with Crippen molar-refractivity contribution < 1.29 is 23.1 Å². The molecule has 0 radical (unpaired) electrons. The smallest absolute Gasteiger partial charge is 0.337 e. The Labute approximate surface area is 122 Å². The average molecular weight is 312 g/mol. The summed E-state index contributed by atoms with van der Waals surface area (Å²) < 4.78 is 25.6. The molecule has 0 heterocycles. The lowest BCUT2D eigenvalue weighted by atomic mass is 10.2. The molecule has 2 N–H and O–H groups in total. The summed E-state index contributed by atoms with van der Waals surface area (Å²) in [5.41, 5.74) is -0.313. The lowest BCUT2D eigenvalue weighted by Gasteiger charge is -2.18. The third kappa shape index (κ3) is 3.59. The number of likely N-dealkylation sites (N-methyl/N-ethyl adjacent to an activating group) is 1. The van der Waals surface area contributed by atoms with Crippen molar-refractivity contribution >= 4 is 21.9 Å². The highest BCUT2D eigenvalue weighted by molar-refractivity contribution is 7.89. The first-order valence-corrected chi connectivity index (χ1v) is 7.84. The van der Waals surface area contributed by atoms with Gasteiger partial charge in [0.1, 0.15) is 0 Å². The van der Waals surface area contributed by atoms with Crippen LogP contribution in [0.1, 0.15) is 23.2 Å². The summed E-state index contributed by atoms with van der Waals surface area (Å²) in [6.45, 7) is -0.340. The fourth-order valence-electron chi connectivity index (χ4n) is 1.82. The maximum absolute atomic E-state index is 12.4. The zero-order chi connectivity index (χ0) is 15.6. The molecule has 0 saturated heterocycles. The standard InChI is InChI=1S/C13H16N2O5S/c1-15(8-12(16)14-9-6-7-9)21(19,20)11-5-3-2-4-10(11)13(17)18/h2-5,9H,6-8H2,1H3,(H,14,16)(H,17,18). The second-order valence-electron chi connectivity index (χ2n) is 4.90. The van der Waals surface area contributed by atoms with Crippen LogP contribution in [0.15, 0.2) is 29.2 Å². The third-order valence-corrected chi connectivity index (χ3v) is 4.98. The van der Waals surface area contributed by atoms with Gasteiger partial charge in [-0.15, -0.1) is 0 Å². The van der Waals surface area contributed by atoms with E-state index in [-0.39, 0.29) is 23.0 Å². The molecule has 0 atom stereocenters. The number of carboxylic acid groups (broad SMARTS) is 1. The molecule has 2 rings (SSSR count). The molecule has 0 unspecified atom stereocenters. The summed E-state index contributed by atoms with van der Waals surface area (Å²) in [5.74, 6) is -1.72. The molecule has 1 aromatic rings. The Morgan fingerprint density at radius 2 is 1.95 bits per heavy atom. The lowest BCUT2D eigenvalue weighted by Crippen LogP contribution is -2.39. The van der Waals surface area contributed by atoms with Crippen molar-refractivity contribution in [1.29, 1.82) is 0 Å². The van der Waals surface area contributed by atoms with E-state index in [1.54, 1.807) is 0 Å². The van der Waals surface area contributed by atoms with Gasteiger partial charge in [0, 0.05) is 13.1 Å². The molecule has 1 saturated carbocycles. The first kappa shape index (κ1) is 15.5. The SMILES string of the molecule is CN(CC(=O)NC1CC1)S(=O)(=O)c1ccccc1C(=O)O. The van der Waals surface area contributed by atoms with Crippen LogP contribution < -0.4 is 5.32 Å². The topological polar surface area (TPSA) is 104 Å². The fraction of sp³-hybridized carbons (Fsp3) is 0.385. The molecule has 7 nitrogen and oxygen atoms in total. The predicted molar refractivity (Wildman–Crippen MR) is 74.4 cm³/mol. The van der Waals surface area contributed by atoms with Gasteiger partial charge in [-0.1, -0.05) is 12.1 Å². The van der Waals surface area contributed by atoms with Gasteiger partial charge in [-0.05, 0) is 25.0 Å². The average Bonchev–Trinajstić information content (AvgIpc) is 3.22. The monoisotopic (exact) mass is 312 g/mol. The molecule has 0 bridgehead atoms. The number of hydrogen-bond donors (Lipinski definition) is 2.